The summed E-state index contributed by atoms with van der Waals surface area (Å²) in [6.45, 7) is 6.22. The number of aromatic nitrogens is 2. The summed E-state index contributed by atoms with van der Waals surface area (Å²) in [5.41, 5.74) is 5.87. The normalized spacial score (nSPS) is 17.8. The Morgan fingerprint density at radius 2 is 2.00 bits per heavy atom. The van der Waals surface area contributed by atoms with Crippen LogP contribution in [0.4, 0.5) is 5.82 Å². The molecule has 1 aromatic carbocycles. The Kier molecular flexibility index (Phi) is 2.89. The number of nitrogens with one attached hydrogen (secondary N) is 1. The van der Waals surface area contributed by atoms with E-state index in [4.69, 9.17) is 0 Å². The third kappa shape index (κ3) is 1.92. The highest BCUT2D eigenvalue weighted by Crippen LogP contribution is 2.39. The fourth-order valence-electron chi connectivity index (χ4n) is 2.98. The van der Waals surface area contributed by atoms with Gasteiger partial charge in [0, 0.05) is 24.9 Å². The molecule has 1 atom stereocenters. The minimum atomic E-state index is 0.0590. The SMILES string of the molecule is Cc1ccc(C2CC(=O)Nc3c2c(C)nn3C)cc1C. The lowest BCUT2D eigenvalue weighted by atomic mass is 9.84. The van der Waals surface area contributed by atoms with Gasteiger partial charge in [-0.2, -0.15) is 5.10 Å². The van der Waals surface area contributed by atoms with Crippen molar-refractivity contribution in [3.8, 4) is 0 Å². The van der Waals surface area contributed by atoms with E-state index < -0.39 is 0 Å². The molecule has 104 valence electrons. The molecule has 4 heteroatoms. The van der Waals surface area contributed by atoms with E-state index in [2.05, 4.69) is 42.5 Å². The monoisotopic (exact) mass is 269 g/mol. The minimum absolute atomic E-state index is 0.0590. The average molecular weight is 269 g/mol. The number of benzene rings is 1. The van der Waals surface area contributed by atoms with Crippen molar-refractivity contribution >= 4 is 11.7 Å². The fraction of sp³-hybridized carbons (Fsp3) is 0.375. The van der Waals surface area contributed by atoms with Gasteiger partial charge in [0.15, 0.2) is 0 Å². The zero-order valence-corrected chi connectivity index (χ0v) is 12.3. The predicted molar refractivity (Wildman–Crippen MR) is 79.0 cm³/mol. The van der Waals surface area contributed by atoms with Crippen molar-refractivity contribution in [3.05, 3.63) is 46.1 Å². The molecule has 0 spiro atoms. The second kappa shape index (κ2) is 4.47. The molecule has 1 amide bonds. The molecule has 2 aromatic rings. The third-order valence-corrected chi connectivity index (χ3v) is 4.20. The predicted octanol–water partition coefficient (Wildman–Crippen LogP) is 2.82. The Balaban J connectivity index is 2.15. The van der Waals surface area contributed by atoms with E-state index in [1.54, 1.807) is 4.68 Å². The molecule has 1 N–H and O–H groups in total. The molecule has 0 aliphatic carbocycles. The summed E-state index contributed by atoms with van der Waals surface area (Å²) < 4.78 is 1.76. The smallest absolute Gasteiger partial charge is 0.226 e. The molecule has 1 aromatic heterocycles. The number of hydrogen-bond donors (Lipinski definition) is 1. The Bertz CT molecular complexity index is 700. The fourth-order valence-corrected chi connectivity index (χ4v) is 2.98. The molecule has 3 rings (SSSR count). The first-order valence-electron chi connectivity index (χ1n) is 6.88. The van der Waals surface area contributed by atoms with Gasteiger partial charge in [-0.25, -0.2) is 0 Å². The number of rotatable bonds is 1. The first kappa shape index (κ1) is 12.9. The van der Waals surface area contributed by atoms with Crippen LogP contribution in [-0.4, -0.2) is 15.7 Å². The van der Waals surface area contributed by atoms with E-state index in [1.165, 1.54) is 16.7 Å². The molecule has 1 aliphatic heterocycles. The highest BCUT2D eigenvalue weighted by molar-refractivity contribution is 5.94. The molecular formula is C16H19N3O. The lowest BCUT2D eigenvalue weighted by molar-refractivity contribution is -0.116. The summed E-state index contributed by atoms with van der Waals surface area (Å²) in [4.78, 5) is 12.0. The van der Waals surface area contributed by atoms with E-state index in [9.17, 15) is 4.79 Å². The number of aryl methyl sites for hydroxylation is 4. The van der Waals surface area contributed by atoms with Crippen molar-refractivity contribution in [2.24, 2.45) is 7.05 Å². The van der Waals surface area contributed by atoms with Gasteiger partial charge in [-0.1, -0.05) is 18.2 Å². The van der Waals surface area contributed by atoms with Crippen LogP contribution in [-0.2, 0) is 11.8 Å². The standard InChI is InChI=1S/C16H19N3O/c1-9-5-6-12(7-10(9)2)13-8-14(20)17-16-15(13)11(3)18-19(16)4/h5-7,13H,8H2,1-4H3,(H,17,20). The third-order valence-electron chi connectivity index (χ3n) is 4.20. The van der Waals surface area contributed by atoms with E-state index in [-0.39, 0.29) is 11.8 Å². The van der Waals surface area contributed by atoms with Gasteiger partial charge < -0.3 is 5.32 Å². The van der Waals surface area contributed by atoms with Gasteiger partial charge in [-0.05, 0) is 37.5 Å². The molecule has 1 unspecified atom stereocenters. The van der Waals surface area contributed by atoms with E-state index >= 15 is 0 Å². The number of fused-ring (bicyclic) bond motifs is 1. The molecule has 1 aliphatic rings. The van der Waals surface area contributed by atoms with Gasteiger partial charge in [0.05, 0.1) is 5.69 Å². The highest BCUT2D eigenvalue weighted by atomic mass is 16.1. The molecule has 2 heterocycles. The Hall–Kier alpha value is -2.10. The van der Waals surface area contributed by atoms with Crippen molar-refractivity contribution < 1.29 is 4.79 Å². The summed E-state index contributed by atoms with van der Waals surface area (Å²) in [5, 5.41) is 7.38. The largest absolute Gasteiger partial charge is 0.311 e. The maximum absolute atomic E-state index is 12.0. The molecule has 0 fully saturated rings. The zero-order valence-electron chi connectivity index (χ0n) is 12.3. The van der Waals surface area contributed by atoms with Crippen LogP contribution in [0.2, 0.25) is 0 Å². The van der Waals surface area contributed by atoms with Gasteiger partial charge in [0.2, 0.25) is 5.91 Å². The van der Waals surface area contributed by atoms with E-state index in [0.717, 1.165) is 17.1 Å². The van der Waals surface area contributed by atoms with E-state index in [1.807, 2.05) is 14.0 Å². The zero-order chi connectivity index (χ0) is 14.4. The van der Waals surface area contributed by atoms with Gasteiger partial charge in [-0.3, -0.25) is 9.48 Å². The number of carbonyl (C=O) groups excluding carboxylic acids is 1. The van der Waals surface area contributed by atoms with Gasteiger partial charge in [0.1, 0.15) is 5.82 Å². The van der Waals surface area contributed by atoms with Crippen molar-refractivity contribution in [2.75, 3.05) is 5.32 Å². The van der Waals surface area contributed by atoms with Gasteiger partial charge >= 0.3 is 0 Å². The summed E-state index contributed by atoms with van der Waals surface area (Å²) in [6, 6.07) is 6.44. The van der Waals surface area contributed by atoms with Crippen LogP contribution in [0.25, 0.3) is 0 Å². The molecule has 0 saturated carbocycles. The maximum Gasteiger partial charge on any atom is 0.226 e. The van der Waals surface area contributed by atoms with Gasteiger partial charge in [0.25, 0.3) is 0 Å². The van der Waals surface area contributed by atoms with Crippen LogP contribution in [0, 0.1) is 20.8 Å². The molecule has 0 radical (unpaired) electrons. The first-order valence-corrected chi connectivity index (χ1v) is 6.88. The number of amides is 1. The number of nitrogens with zero attached hydrogens (tertiary/aromatic N) is 2. The Morgan fingerprint density at radius 1 is 1.25 bits per heavy atom. The maximum atomic E-state index is 12.0. The van der Waals surface area contributed by atoms with Crippen molar-refractivity contribution in [2.45, 2.75) is 33.1 Å². The second-order valence-corrected chi connectivity index (χ2v) is 5.62. The molecule has 0 saturated heterocycles. The lowest BCUT2D eigenvalue weighted by Gasteiger charge is -2.24. The van der Waals surface area contributed by atoms with Crippen molar-refractivity contribution in [3.63, 3.8) is 0 Å². The lowest BCUT2D eigenvalue weighted by Crippen LogP contribution is -2.24. The molecular weight excluding hydrogens is 250 g/mol. The Labute approximate surface area is 118 Å². The first-order chi connectivity index (χ1) is 9.47. The second-order valence-electron chi connectivity index (χ2n) is 5.62. The number of carbonyl (C=O) groups is 1. The Morgan fingerprint density at radius 3 is 2.70 bits per heavy atom. The van der Waals surface area contributed by atoms with Crippen molar-refractivity contribution in [1.82, 2.24) is 9.78 Å². The summed E-state index contributed by atoms with van der Waals surface area (Å²) in [5.74, 6) is 0.998. The average Bonchev–Trinajstić information content (AvgIpc) is 2.67. The molecule has 0 bridgehead atoms. The van der Waals surface area contributed by atoms with Crippen LogP contribution in [0.15, 0.2) is 18.2 Å². The van der Waals surface area contributed by atoms with Crippen LogP contribution in [0.1, 0.15) is 40.3 Å². The van der Waals surface area contributed by atoms with Crippen LogP contribution < -0.4 is 5.32 Å². The highest BCUT2D eigenvalue weighted by Gasteiger charge is 2.31. The van der Waals surface area contributed by atoms with Crippen LogP contribution >= 0.6 is 0 Å². The van der Waals surface area contributed by atoms with Gasteiger partial charge in [-0.15, -0.1) is 0 Å². The quantitative estimate of drug-likeness (QED) is 0.865. The van der Waals surface area contributed by atoms with Crippen molar-refractivity contribution in [1.29, 1.82) is 0 Å². The number of anilines is 1. The van der Waals surface area contributed by atoms with Crippen LogP contribution in [0.3, 0.4) is 0 Å². The molecule has 20 heavy (non-hydrogen) atoms. The number of hydrogen-bond acceptors (Lipinski definition) is 2. The summed E-state index contributed by atoms with van der Waals surface area (Å²) in [7, 11) is 1.87. The van der Waals surface area contributed by atoms with Crippen LogP contribution in [0.5, 0.6) is 0 Å². The minimum Gasteiger partial charge on any atom is -0.311 e. The van der Waals surface area contributed by atoms with E-state index in [0.29, 0.717) is 6.42 Å². The topological polar surface area (TPSA) is 46.9 Å². The summed E-state index contributed by atoms with van der Waals surface area (Å²) in [6.07, 6.45) is 0.488. The molecule has 4 nitrogen and oxygen atoms in total. The summed E-state index contributed by atoms with van der Waals surface area (Å²) >= 11 is 0.